The Morgan fingerprint density at radius 2 is 2.00 bits per heavy atom. The maximum atomic E-state index is 12.6. The molecule has 0 saturated carbocycles. The lowest BCUT2D eigenvalue weighted by Crippen LogP contribution is -2.47. The molecule has 2 aromatic heterocycles. The lowest BCUT2D eigenvalue weighted by molar-refractivity contribution is -0.122. The molecule has 9 heteroatoms. The molecule has 1 atom stereocenters. The van der Waals surface area contributed by atoms with E-state index in [9.17, 15) is 13.2 Å². The number of nitrogens with zero attached hydrogens (tertiary/aromatic N) is 4. The zero-order valence-electron chi connectivity index (χ0n) is 14.4. The number of benzene rings is 1. The van der Waals surface area contributed by atoms with Gasteiger partial charge in [-0.15, -0.1) is 0 Å². The Morgan fingerprint density at radius 3 is 2.69 bits per heavy atom. The molecule has 0 radical (unpaired) electrons. The summed E-state index contributed by atoms with van der Waals surface area (Å²) >= 11 is 0. The fraction of sp³-hybridized carbons (Fsp3) is 0.235. The topological polar surface area (TPSA) is 96.7 Å². The van der Waals surface area contributed by atoms with Crippen molar-refractivity contribution in [2.75, 3.05) is 10.6 Å². The van der Waals surface area contributed by atoms with E-state index in [-0.39, 0.29) is 6.54 Å². The third-order valence-electron chi connectivity index (χ3n) is 3.94. The van der Waals surface area contributed by atoms with Gasteiger partial charge in [-0.05, 0) is 19.1 Å². The van der Waals surface area contributed by atoms with E-state index < -0.39 is 22.0 Å². The second kappa shape index (κ2) is 7.12. The number of para-hydroxylation sites is 1. The average Bonchev–Trinajstić information content (AvgIpc) is 3.02. The summed E-state index contributed by atoms with van der Waals surface area (Å²) in [5.41, 5.74) is 1.89. The van der Waals surface area contributed by atoms with E-state index in [1.54, 1.807) is 62.0 Å². The van der Waals surface area contributed by atoms with Crippen molar-refractivity contribution in [1.29, 1.82) is 0 Å². The number of hydrogen-bond acceptors (Lipinski definition) is 5. The molecule has 0 saturated heterocycles. The first-order chi connectivity index (χ1) is 12.4. The minimum atomic E-state index is -3.62. The van der Waals surface area contributed by atoms with Crippen LogP contribution >= 0.6 is 0 Å². The molecule has 2 heterocycles. The van der Waals surface area contributed by atoms with E-state index in [4.69, 9.17) is 0 Å². The molecule has 3 aromatic rings. The van der Waals surface area contributed by atoms with Gasteiger partial charge in [-0.25, -0.2) is 13.4 Å². The van der Waals surface area contributed by atoms with Crippen LogP contribution in [0.2, 0.25) is 0 Å². The highest BCUT2D eigenvalue weighted by atomic mass is 32.2. The molecule has 0 fully saturated rings. The van der Waals surface area contributed by atoms with Gasteiger partial charge in [0.05, 0.1) is 36.6 Å². The van der Waals surface area contributed by atoms with Crippen LogP contribution in [0.1, 0.15) is 12.6 Å². The molecule has 0 unspecified atom stereocenters. The summed E-state index contributed by atoms with van der Waals surface area (Å²) in [6.45, 7) is 1.78. The van der Waals surface area contributed by atoms with E-state index in [1.165, 1.54) is 0 Å². The van der Waals surface area contributed by atoms with Crippen LogP contribution in [0.4, 0.5) is 5.69 Å². The molecule has 0 aliphatic heterocycles. The quantitative estimate of drug-likeness (QED) is 0.700. The van der Waals surface area contributed by atoms with E-state index in [2.05, 4.69) is 15.3 Å². The van der Waals surface area contributed by atoms with Crippen LogP contribution < -0.4 is 9.62 Å². The summed E-state index contributed by atoms with van der Waals surface area (Å²) in [6, 6.07) is 7.65. The van der Waals surface area contributed by atoms with Gasteiger partial charge < -0.3 is 5.32 Å². The molecule has 8 nitrogen and oxygen atoms in total. The van der Waals surface area contributed by atoms with Gasteiger partial charge in [0.15, 0.2) is 5.65 Å². The minimum absolute atomic E-state index is 0.223. The van der Waals surface area contributed by atoms with Crippen molar-refractivity contribution in [2.45, 2.75) is 19.5 Å². The summed E-state index contributed by atoms with van der Waals surface area (Å²) in [4.78, 5) is 20.8. The van der Waals surface area contributed by atoms with E-state index in [0.29, 0.717) is 11.3 Å². The number of sulfonamides is 1. The zero-order chi connectivity index (χ0) is 18.7. The van der Waals surface area contributed by atoms with E-state index >= 15 is 0 Å². The van der Waals surface area contributed by atoms with Crippen molar-refractivity contribution in [2.24, 2.45) is 0 Å². The predicted octanol–water partition coefficient (Wildman–Crippen LogP) is 1.20. The van der Waals surface area contributed by atoms with Crippen LogP contribution in [0, 0.1) is 0 Å². The summed E-state index contributed by atoms with van der Waals surface area (Å²) < 4.78 is 27.3. The number of amides is 1. The number of nitrogens with one attached hydrogen (secondary N) is 1. The van der Waals surface area contributed by atoms with Gasteiger partial charge in [0, 0.05) is 12.4 Å². The largest absolute Gasteiger partial charge is 0.349 e. The Labute approximate surface area is 151 Å². The number of carbonyl (C=O) groups excluding carboxylic acids is 1. The van der Waals surface area contributed by atoms with Gasteiger partial charge >= 0.3 is 0 Å². The highest BCUT2D eigenvalue weighted by Gasteiger charge is 2.28. The van der Waals surface area contributed by atoms with Crippen molar-refractivity contribution in [3.05, 3.63) is 60.8 Å². The van der Waals surface area contributed by atoms with Crippen LogP contribution in [0.3, 0.4) is 0 Å². The second-order valence-corrected chi connectivity index (χ2v) is 7.70. The van der Waals surface area contributed by atoms with E-state index in [0.717, 1.165) is 16.3 Å². The molecule has 0 aliphatic carbocycles. The first-order valence-electron chi connectivity index (χ1n) is 7.96. The molecule has 26 heavy (non-hydrogen) atoms. The maximum Gasteiger partial charge on any atom is 0.243 e. The molecule has 3 rings (SSSR count). The number of rotatable bonds is 6. The molecule has 1 aromatic carbocycles. The molecule has 0 aliphatic rings. The Balaban J connectivity index is 1.77. The van der Waals surface area contributed by atoms with Crippen molar-refractivity contribution < 1.29 is 13.2 Å². The van der Waals surface area contributed by atoms with Gasteiger partial charge in [0.2, 0.25) is 15.9 Å². The van der Waals surface area contributed by atoms with Crippen LogP contribution in [-0.4, -0.2) is 41.0 Å². The number of fused-ring (bicyclic) bond motifs is 1. The lowest BCUT2D eigenvalue weighted by atomic mass is 10.2. The Morgan fingerprint density at radius 1 is 1.27 bits per heavy atom. The van der Waals surface area contributed by atoms with Crippen LogP contribution in [0.15, 0.2) is 55.1 Å². The SMILES string of the molecule is C[C@@H](C(=O)NCc1cnc2cnccn12)N(c1ccccc1)S(C)(=O)=O. The summed E-state index contributed by atoms with van der Waals surface area (Å²) in [5.74, 6) is -0.400. The van der Waals surface area contributed by atoms with Gasteiger partial charge in [0.1, 0.15) is 6.04 Å². The molecule has 0 spiro atoms. The Kier molecular flexibility index (Phi) is 4.90. The summed E-state index contributed by atoms with van der Waals surface area (Å²) in [5, 5.41) is 2.77. The number of aromatic nitrogens is 3. The van der Waals surface area contributed by atoms with Gasteiger partial charge in [0.25, 0.3) is 0 Å². The fourth-order valence-corrected chi connectivity index (χ4v) is 3.91. The number of hydrogen-bond donors (Lipinski definition) is 1. The highest BCUT2D eigenvalue weighted by molar-refractivity contribution is 7.92. The molecular formula is C17H19N5O3S. The van der Waals surface area contributed by atoms with E-state index in [1.807, 2.05) is 4.40 Å². The standard InChI is InChI=1S/C17H19N5O3S/c1-13(22(26(2,24)25)14-6-4-3-5-7-14)17(23)20-11-15-10-19-16-12-18-8-9-21(15)16/h3-10,12-13H,11H2,1-2H3,(H,20,23)/t13-/m0/s1. The highest BCUT2D eigenvalue weighted by Crippen LogP contribution is 2.20. The molecule has 136 valence electrons. The summed E-state index contributed by atoms with van der Waals surface area (Å²) in [6.07, 6.45) is 7.73. The molecular weight excluding hydrogens is 354 g/mol. The van der Waals surface area contributed by atoms with Crippen molar-refractivity contribution in [1.82, 2.24) is 19.7 Å². The third kappa shape index (κ3) is 3.67. The van der Waals surface area contributed by atoms with Crippen molar-refractivity contribution in [3.8, 4) is 0 Å². The molecule has 1 N–H and O–H groups in total. The molecule has 0 bridgehead atoms. The Hall–Kier alpha value is -2.94. The maximum absolute atomic E-state index is 12.6. The van der Waals surface area contributed by atoms with Gasteiger partial charge in [-0.3, -0.25) is 18.5 Å². The lowest BCUT2D eigenvalue weighted by Gasteiger charge is -2.28. The third-order valence-corrected chi connectivity index (χ3v) is 5.18. The fourth-order valence-electron chi connectivity index (χ4n) is 2.73. The number of imidazole rings is 1. The summed E-state index contributed by atoms with van der Waals surface area (Å²) in [7, 11) is -3.62. The first-order valence-corrected chi connectivity index (χ1v) is 9.81. The normalized spacial score (nSPS) is 12.7. The Bertz CT molecular complexity index is 1020. The monoisotopic (exact) mass is 373 g/mol. The second-order valence-electron chi connectivity index (χ2n) is 5.84. The smallest absolute Gasteiger partial charge is 0.243 e. The zero-order valence-corrected chi connectivity index (χ0v) is 15.2. The minimum Gasteiger partial charge on any atom is -0.349 e. The average molecular weight is 373 g/mol. The number of anilines is 1. The van der Waals surface area contributed by atoms with Crippen LogP contribution in [0.5, 0.6) is 0 Å². The predicted molar refractivity (Wildman–Crippen MR) is 98.1 cm³/mol. The van der Waals surface area contributed by atoms with Crippen LogP contribution in [-0.2, 0) is 21.4 Å². The van der Waals surface area contributed by atoms with Crippen molar-refractivity contribution >= 4 is 27.3 Å². The van der Waals surface area contributed by atoms with Crippen molar-refractivity contribution in [3.63, 3.8) is 0 Å². The number of carbonyl (C=O) groups is 1. The first kappa shape index (κ1) is 17.9. The van der Waals surface area contributed by atoms with Crippen LogP contribution in [0.25, 0.3) is 5.65 Å². The molecule has 1 amide bonds. The van der Waals surface area contributed by atoms with Gasteiger partial charge in [-0.2, -0.15) is 0 Å². The van der Waals surface area contributed by atoms with Gasteiger partial charge in [-0.1, -0.05) is 18.2 Å².